The van der Waals surface area contributed by atoms with Crippen molar-refractivity contribution in [2.75, 3.05) is 32.7 Å². The number of carboxylic acid groups (broad SMARTS) is 1. The molecule has 0 bridgehead atoms. The lowest BCUT2D eigenvalue weighted by Crippen LogP contribution is -2.44. The van der Waals surface area contributed by atoms with Gasteiger partial charge in [0, 0.05) is 25.6 Å². The fraction of sp³-hybridized carbons (Fsp3) is 0.567. The van der Waals surface area contributed by atoms with Crippen LogP contribution in [0.3, 0.4) is 0 Å². The number of aliphatic carboxylic acids is 1. The summed E-state index contributed by atoms with van der Waals surface area (Å²) >= 11 is 0. The quantitative estimate of drug-likeness (QED) is 0.391. The SMILES string of the molecule is CC(C)C(C(=O)O)N1CC(CN2CCC(CCCc3cccc4nonc34)CC2)C(c2cccc(F)c2)C1. The Morgan fingerprint density at radius 1 is 1.13 bits per heavy atom. The third-order valence-corrected chi connectivity index (χ3v) is 8.65. The van der Waals surface area contributed by atoms with Crippen molar-refractivity contribution in [2.45, 2.75) is 57.9 Å². The van der Waals surface area contributed by atoms with E-state index >= 15 is 0 Å². The highest BCUT2D eigenvalue weighted by molar-refractivity contribution is 5.76. The van der Waals surface area contributed by atoms with Crippen LogP contribution in [0.15, 0.2) is 47.1 Å². The number of likely N-dealkylation sites (tertiary alicyclic amines) is 2. The fourth-order valence-corrected chi connectivity index (χ4v) is 6.73. The predicted molar refractivity (Wildman–Crippen MR) is 144 cm³/mol. The zero-order chi connectivity index (χ0) is 26.6. The predicted octanol–water partition coefficient (Wildman–Crippen LogP) is 5.22. The van der Waals surface area contributed by atoms with Crippen LogP contribution in [0.2, 0.25) is 0 Å². The third-order valence-electron chi connectivity index (χ3n) is 8.65. The molecular weight excluding hydrogens is 483 g/mol. The first kappa shape index (κ1) is 26.8. The summed E-state index contributed by atoms with van der Waals surface area (Å²) < 4.78 is 19.0. The Balaban J connectivity index is 1.16. The maximum absolute atomic E-state index is 14.1. The molecule has 1 N–H and O–H groups in total. The number of carbonyl (C=O) groups is 1. The first-order chi connectivity index (χ1) is 18.4. The van der Waals surface area contributed by atoms with Gasteiger partial charge in [0.1, 0.15) is 22.9 Å². The molecule has 0 spiro atoms. The van der Waals surface area contributed by atoms with Gasteiger partial charge in [0.25, 0.3) is 0 Å². The van der Waals surface area contributed by atoms with E-state index in [2.05, 4.69) is 26.2 Å². The number of carboxylic acids is 1. The molecule has 3 unspecified atom stereocenters. The molecule has 2 aliphatic rings. The molecule has 38 heavy (non-hydrogen) atoms. The van der Waals surface area contributed by atoms with Crippen molar-refractivity contribution in [3.63, 3.8) is 0 Å². The Hall–Kier alpha value is -2.84. The number of fused-ring (bicyclic) bond motifs is 1. The van der Waals surface area contributed by atoms with Gasteiger partial charge >= 0.3 is 5.97 Å². The van der Waals surface area contributed by atoms with Crippen molar-refractivity contribution in [3.8, 4) is 0 Å². The van der Waals surface area contributed by atoms with Crippen LogP contribution in [0.1, 0.15) is 56.6 Å². The van der Waals surface area contributed by atoms with Crippen LogP contribution in [0.25, 0.3) is 11.0 Å². The first-order valence-corrected chi connectivity index (χ1v) is 14.0. The maximum Gasteiger partial charge on any atom is 0.321 e. The lowest BCUT2D eigenvalue weighted by molar-refractivity contribution is -0.144. The molecule has 2 aromatic carbocycles. The van der Waals surface area contributed by atoms with Crippen molar-refractivity contribution in [1.82, 2.24) is 20.1 Å². The lowest BCUT2D eigenvalue weighted by atomic mass is 9.86. The van der Waals surface area contributed by atoms with Crippen LogP contribution in [-0.2, 0) is 11.2 Å². The van der Waals surface area contributed by atoms with E-state index in [0.29, 0.717) is 6.54 Å². The number of benzene rings is 2. The van der Waals surface area contributed by atoms with E-state index in [1.807, 2.05) is 32.0 Å². The van der Waals surface area contributed by atoms with Crippen LogP contribution < -0.4 is 0 Å². The third kappa shape index (κ3) is 6.07. The molecule has 3 aromatic rings. The molecule has 0 aliphatic carbocycles. The van der Waals surface area contributed by atoms with Gasteiger partial charge in [-0.05, 0) is 96.2 Å². The number of aromatic nitrogens is 2. The molecule has 204 valence electrons. The molecule has 2 aliphatic heterocycles. The molecule has 1 aromatic heterocycles. The molecule has 0 saturated carbocycles. The lowest BCUT2D eigenvalue weighted by Gasteiger charge is -2.35. The largest absolute Gasteiger partial charge is 0.480 e. The van der Waals surface area contributed by atoms with E-state index in [0.717, 1.165) is 61.5 Å². The van der Waals surface area contributed by atoms with Gasteiger partial charge in [-0.1, -0.05) is 44.5 Å². The number of rotatable bonds is 10. The monoisotopic (exact) mass is 522 g/mol. The highest BCUT2D eigenvalue weighted by atomic mass is 19.1. The number of halogens is 1. The van der Waals surface area contributed by atoms with Gasteiger partial charge in [0.2, 0.25) is 0 Å². The Morgan fingerprint density at radius 2 is 1.92 bits per heavy atom. The van der Waals surface area contributed by atoms with Crippen LogP contribution in [-0.4, -0.2) is 70.0 Å². The number of piperidine rings is 1. The van der Waals surface area contributed by atoms with Crippen molar-refractivity contribution < 1.29 is 18.9 Å². The maximum atomic E-state index is 14.1. The molecular formula is C30H39FN4O3. The van der Waals surface area contributed by atoms with Crippen molar-refractivity contribution >= 4 is 17.0 Å². The highest BCUT2D eigenvalue weighted by Gasteiger charge is 2.41. The van der Waals surface area contributed by atoms with Crippen LogP contribution in [0.5, 0.6) is 0 Å². The van der Waals surface area contributed by atoms with Gasteiger partial charge in [-0.3, -0.25) is 9.69 Å². The van der Waals surface area contributed by atoms with Crippen molar-refractivity contribution in [3.05, 3.63) is 59.4 Å². The number of hydrogen-bond acceptors (Lipinski definition) is 6. The summed E-state index contributed by atoms with van der Waals surface area (Å²) in [5.74, 6) is 0.161. The average Bonchev–Trinajstić information content (AvgIpc) is 3.52. The molecule has 2 saturated heterocycles. The molecule has 0 amide bonds. The fourth-order valence-electron chi connectivity index (χ4n) is 6.73. The van der Waals surface area contributed by atoms with E-state index in [1.54, 1.807) is 12.1 Å². The molecule has 0 radical (unpaired) electrons. The van der Waals surface area contributed by atoms with E-state index < -0.39 is 12.0 Å². The topological polar surface area (TPSA) is 82.7 Å². The van der Waals surface area contributed by atoms with Crippen LogP contribution >= 0.6 is 0 Å². The highest BCUT2D eigenvalue weighted by Crippen LogP contribution is 2.37. The summed E-state index contributed by atoms with van der Waals surface area (Å²) in [6.07, 6.45) is 5.68. The molecule has 3 atom stereocenters. The average molecular weight is 523 g/mol. The second-order valence-corrected chi connectivity index (χ2v) is 11.6. The Kier molecular flexibility index (Phi) is 8.39. The molecule has 5 rings (SSSR count). The van der Waals surface area contributed by atoms with Gasteiger partial charge < -0.3 is 10.0 Å². The van der Waals surface area contributed by atoms with Crippen LogP contribution in [0, 0.1) is 23.6 Å². The summed E-state index contributed by atoms with van der Waals surface area (Å²) in [6.45, 7) is 8.38. The van der Waals surface area contributed by atoms with E-state index in [-0.39, 0.29) is 23.6 Å². The molecule has 8 heteroatoms. The molecule has 2 fully saturated rings. The van der Waals surface area contributed by atoms with Crippen molar-refractivity contribution in [2.24, 2.45) is 17.8 Å². The van der Waals surface area contributed by atoms with E-state index in [9.17, 15) is 14.3 Å². The number of hydrogen-bond donors (Lipinski definition) is 1. The second kappa shape index (κ2) is 11.9. The number of nitrogens with zero attached hydrogens (tertiary/aromatic N) is 4. The molecule has 3 heterocycles. The van der Waals surface area contributed by atoms with E-state index in [4.69, 9.17) is 4.63 Å². The Bertz CT molecular complexity index is 1220. The summed E-state index contributed by atoms with van der Waals surface area (Å²) in [6, 6.07) is 12.4. The molecule has 7 nitrogen and oxygen atoms in total. The minimum atomic E-state index is -0.768. The van der Waals surface area contributed by atoms with Crippen molar-refractivity contribution in [1.29, 1.82) is 0 Å². The second-order valence-electron chi connectivity index (χ2n) is 11.6. The van der Waals surface area contributed by atoms with Gasteiger partial charge in [-0.15, -0.1) is 0 Å². The first-order valence-electron chi connectivity index (χ1n) is 14.0. The summed E-state index contributed by atoms with van der Waals surface area (Å²) in [5.41, 5.74) is 3.89. The summed E-state index contributed by atoms with van der Waals surface area (Å²) in [7, 11) is 0. The Morgan fingerprint density at radius 3 is 2.66 bits per heavy atom. The normalized spacial score (nSPS) is 22.4. The van der Waals surface area contributed by atoms with Gasteiger partial charge in [-0.2, -0.15) is 0 Å². The Labute approximate surface area is 224 Å². The minimum absolute atomic E-state index is 0.0164. The zero-order valence-corrected chi connectivity index (χ0v) is 22.4. The standard InChI is InChI=1S/C30H39FN4O3/c1-20(2)29(30(36)37)35-18-24(26(19-35)23-9-4-10-25(31)16-23)17-34-14-12-21(13-15-34)6-3-7-22-8-5-11-27-28(22)33-38-32-27/h4-5,8-11,16,20-21,24,26,29H,3,6-7,12-15,17-19H2,1-2H3,(H,36,37). The van der Waals surface area contributed by atoms with Gasteiger partial charge in [-0.25, -0.2) is 9.02 Å². The number of aryl methyl sites for hydroxylation is 1. The van der Waals surface area contributed by atoms with Gasteiger partial charge in [0.15, 0.2) is 0 Å². The minimum Gasteiger partial charge on any atom is -0.480 e. The zero-order valence-electron chi connectivity index (χ0n) is 22.4. The smallest absolute Gasteiger partial charge is 0.321 e. The van der Waals surface area contributed by atoms with Crippen LogP contribution in [0.4, 0.5) is 4.39 Å². The van der Waals surface area contributed by atoms with Gasteiger partial charge in [0.05, 0.1) is 0 Å². The summed E-state index contributed by atoms with van der Waals surface area (Å²) in [4.78, 5) is 16.7. The van der Waals surface area contributed by atoms with E-state index in [1.165, 1.54) is 30.9 Å². The summed E-state index contributed by atoms with van der Waals surface area (Å²) in [5, 5.41) is 17.9.